The molecule has 1 N–H and O–H groups in total. The molecule has 1 aromatic rings. The molecule has 0 bridgehead atoms. The van der Waals surface area contributed by atoms with E-state index in [1.54, 1.807) is 25.2 Å². The number of nitrogens with zero attached hydrogens (tertiary/aromatic N) is 1. The van der Waals surface area contributed by atoms with Gasteiger partial charge in [0.2, 0.25) is 5.91 Å². The zero-order chi connectivity index (χ0) is 17.2. The Bertz CT molecular complexity index is 468. The Morgan fingerprint density at radius 3 is 2.26 bits per heavy atom. The molecule has 6 nitrogen and oxygen atoms in total. The molecule has 0 saturated heterocycles. The highest BCUT2D eigenvalue weighted by Gasteiger charge is 2.28. The van der Waals surface area contributed by atoms with Crippen molar-refractivity contribution >= 4 is 23.2 Å². The molecule has 0 aromatic carbocycles. The lowest BCUT2D eigenvalue weighted by Gasteiger charge is -2.29. The zero-order valence-electron chi connectivity index (χ0n) is 14.2. The predicted molar refractivity (Wildman–Crippen MR) is 90.7 cm³/mol. The molecular weight excluding hydrogens is 316 g/mol. The summed E-state index contributed by atoms with van der Waals surface area (Å²) < 4.78 is 10.1. The molecule has 0 aliphatic heterocycles. The van der Waals surface area contributed by atoms with Crippen LogP contribution in [0.1, 0.15) is 23.5 Å². The van der Waals surface area contributed by atoms with Crippen LogP contribution >= 0.6 is 11.3 Å². The highest BCUT2D eigenvalue weighted by Crippen LogP contribution is 2.12. The Morgan fingerprint density at radius 2 is 1.83 bits per heavy atom. The second-order valence-electron chi connectivity index (χ2n) is 5.48. The minimum absolute atomic E-state index is 0.0148. The zero-order valence-corrected chi connectivity index (χ0v) is 15.0. The number of thiophene rings is 1. The molecular formula is C16H26N2O4S. The summed E-state index contributed by atoms with van der Waals surface area (Å²) in [7, 11) is 3.19. The van der Waals surface area contributed by atoms with Crippen LogP contribution in [0, 0.1) is 5.92 Å². The number of nitrogens with one attached hydrogen (secondary N) is 1. The van der Waals surface area contributed by atoms with Crippen molar-refractivity contribution in [1.82, 2.24) is 10.2 Å². The number of hydrogen-bond acceptors (Lipinski definition) is 5. The van der Waals surface area contributed by atoms with Crippen LogP contribution in [0.4, 0.5) is 0 Å². The molecule has 0 aliphatic rings. The van der Waals surface area contributed by atoms with E-state index >= 15 is 0 Å². The first-order valence-corrected chi connectivity index (χ1v) is 8.50. The summed E-state index contributed by atoms with van der Waals surface area (Å²) in [6.45, 7) is 5.66. The second-order valence-corrected chi connectivity index (χ2v) is 6.43. The van der Waals surface area contributed by atoms with E-state index in [0.717, 1.165) is 0 Å². The van der Waals surface area contributed by atoms with Crippen molar-refractivity contribution in [2.45, 2.75) is 19.9 Å². The molecule has 0 saturated carbocycles. The molecule has 130 valence electrons. The van der Waals surface area contributed by atoms with Gasteiger partial charge in [-0.05, 0) is 17.4 Å². The van der Waals surface area contributed by atoms with Gasteiger partial charge in [-0.3, -0.25) is 9.59 Å². The third-order valence-electron chi connectivity index (χ3n) is 3.41. The van der Waals surface area contributed by atoms with Crippen molar-refractivity contribution in [1.29, 1.82) is 0 Å². The van der Waals surface area contributed by atoms with Crippen molar-refractivity contribution in [2.75, 3.05) is 40.5 Å². The Morgan fingerprint density at radius 1 is 1.22 bits per heavy atom. The van der Waals surface area contributed by atoms with Gasteiger partial charge in [-0.15, -0.1) is 11.3 Å². The predicted octanol–water partition coefficient (Wildman–Crippen LogP) is 1.62. The first kappa shape index (κ1) is 19.6. The van der Waals surface area contributed by atoms with E-state index in [1.807, 2.05) is 25.3 Å². The smallest absolute Gasteiger partial charge is 0.262 e. The maximum atomic E-state index is 12.8. The summed E-state index contributed by atoms with van der Waals surface area (Å²) in [6.07, 6.45) is 0. The monoisotopic (exact) mass is 342 g/mol. The Kier molecular flexibility index (Phi) is 8.83. The Balaban J connectivity index is 2.79. The molecule has 23 heavy (non-hydrogen) atoms. The molecule has 0 fully saturated rings. The molecule has 1 heterocycles. The molecule has 1 rings (SSSR count). The summed E-state index contributed by atoms with van der Waals surface area (Å²) >= 11 is 1.36. The number of hydrogen-bond donors (Lipinski definition) is 1. The van der Waals surface area contributed by atoms with E-state index in [1.165, 1.54) is 11.3 Å². The van der Waals surface area contributed by atoms with Gasteiger partial charge in [0, 0.05) is 27.3 Å². The number of carbonyl (C=O) groups excluding carboxylic acids is 2. The number of rotatable bonds is 10. The van der Waals surface area contributed by atoms with Gasteiger partial charge < -0.3 is 19.7 Å². The lowest BCUT2D eigenvalue weighted by molar-refractivity contribution is -0.135. The molecule has 0 spiro atoms. The molecule has 0 aliphatic carbocycles. The van der Waals surface area contributed by atoms with Crippen molar-refractivity contribution in [2.24, 2.45) is 5.92 Å². The first-order chi connectivity index (χ1) is 11.0. The first-order valence-electron chi connectivity index (χ1n) is 7.62. The lowest BCUT2D eigenvalue weighted by atomic mass is 10.0. The fourth-order valence-electron chi connectivity index (χ4n) is 2.07. The van der Waals surface area contributed by atoms with E-state index in [-0.39, 0.29) is 17.7 Å². The van der Waals surface area contributed by atoms with Crippen molar-refractivity contribution < 1.29 is 19.1 Å². The van der Waals surface area contributed by atoms with Crippen LogP contribution in [0.5, 0.6) is 0 Å². The van der Waals surface area contributed by atoms with Crippen LogP contribution in [0.15, 0.2) is 17.5 Å². The van der Waals surface area contributed by atoms with Gasteiger partial charge in [0.05, 0.1) is 18.1 Å². The minimum atomic E-state index is -0.571. The molecule has 1 atom stereocenters. The van der Waals surface area contributed by atoms with Crippen molar-refractivity contribution in [3.8, 4) is 0 Å². The highest BCUT2D eigenvalue weighted by atomic mass is 32.1. The number of carbonyl (C=O) groups is 2. The standard InChI is InChI=1S/C16H26N2O4S/c1-12(2)14(17-15(19)13-6-5-11-23-13)16(20)18(7-9-21-3)8-10-22-4/h5-6,11-12,14H,7-10H2,1-4H3,(H,17,19)/t14-/m0/s1. The van der Waals surface area contributed by atoms with Gasteiger partial charge in [0.15, 0.2) is 0 Å². The topological polar surface area (TPSA) is 67.9 Å². The van der Waals surface area contributed by atoms with E-state index in [9.17, 15) is 9.59 Å². The van der Waals surface area contributed by atoms with Crippen LogP contribution in [0.3, 0.4) is 0 Å². The largest absolute Gasteiger partial charge is 0.383 e. The maximum Gasteiger partial charge on any atom is 0.262 e. The molecule has 2 amide bonds. The van der Waals surface area contributed by atoms with E-state index in [2.05, 4.69) is 5.32 Å². The summed E-state index contributed by atoms with van der Waals surface area (Å²) in [4.78, 5) is 27.3. The van der Waals surface area contributed by atoms with Crippen LogP contribution in [-0.4, -0.2) is 63.3 Å². The second kappa shape index (κ2) is 10.4. The summed E-state index contributed by atoms with van der Waals surface area (Å²) in [5.74, 6) is -0.344. The van der Waals surface area contributed by atoms with Crippen molar-refractivity contribution in [3.05, 3.63) is 22.4 Å². The van der Waals surface area contributed by atoms with Gasteiger partial charge in [0.25, 0.3) is 5.91 Å². The van der Waals surface area contributed by atoms with E-state index < -0.39 is 6.04 Å². The third-order valence-corrected chi connectivity index (χ3v) is 4.28. The summed E-state index contributed by atoms with van der Waals surface area (Å²) in [5.41, 5.74) is 0. The van der Waals surface area contributed by atoms with Gasteiger partial charge in [-0.1, -0.05) is 19.9 Å². The third kappa shape index (κ3) is 6.29. The SMILES string of the molecule is COCCN(CCOC)C(=O)[C@@H](NC(=O)c1cccs1)C(C)C. The van der Waals surface area contributed by atoms with Gasteiger partial charge in [0.1, 0.15) is 6.04 Å². The molecule has 1 aromatic heterocycles. The number of amides is 2. The normalized spacial score (nSPS) is 12.2. The van der Waals surface area contributed by atoms with E-state index in [4.69, 9.17) is 9.47 Å². The minimum Gasteiger partial charge on any atom is -0.383 e. The average molecular weight is 342 g/mol. The summed E-state index contributed by atoms with van der Waals surface area (Å²) in [6, 6.07) is 2.99. The summed E-state index contributed by atoms with van der Waals surface area (Å²) in [5, 5.41) is 4.69. The fraction of sp³-hybridized carbons (Fsp3) is 0.625. The van der Waals surface area contributed by atoms with Gasteiger partial charge in [-0.2, -0.15) is 0 Å². The number of methoxy groups -OCH3 is 2. The van der Waals surface area contributed by atoms with Crippen LogP contribution in [0.25, 0.3) is 0 Å². The van der Waals surface area contributed by atoms with E-state index in [0.29, 0.717) is 31.2 Å². The molecule has 7 heteroatoms. The molecule has 0 unspecified atom stereocenters. The highest BCUT2D eigenvalue weighted by molar-refractivity contribution is 7.12. The van der Waals surface area contributed by atoms with Crippen LogP contribution < -0.4 is 5.32 Å². The van der Waals surface area contributed by atoms with Crippen LogP contribution in [-0.2, 0) is 14.3 Å². The maximum absolute atomic E-state index is 12.8. The Labute approximate surface area is 141 Å². The Hall–Kier alpha value is -1.44. The fourth-order valence-corrected chi connectivity index (χ4v) is 2.69. The van der Waals surface area contributed by atoms with Gasteiger partial charge in [-0.25, -0.2) is 0 Å². The average Bonchev–Trinajstić information content (AvgIpc) is 3.06. The quantitative estimate of drug-likeness (QED) is 0.702. The van der Waals surface area contributed by atoms with Crippen molar-refractivity contribution in [3.63, 3.8) is 0 Å². The van der Waals surface area contributed by atoms with Gasteiger partial charge >= 0.3 is 0 Å². The molecule has 0 radical (unpaired) electrons. The lowest BCUT2D eigenvalue weighted by Crippen LogP contribution is -2.52. The number of ether oxygens (including phenoxy) is 2. The van der Waals surface area contributed by atoms with Crippen LogP contribution in [0.2, 0.25) is 0 Å².